The van der Waals surface area contributed by atoms with Crippen LogP contribution in [-0.2, 0) is 0 Å². The first-order valence-electron chi connectivity index (χ1n) is 6.88. The van der Waals surface area contributed by atoms with Crippen LogP contribution in [0.15, 0.2) is 18.3 Å². The van der Waals surface area contributed by atoms with Crippen molar-refractivity contribution in [2.24, 2.45) is 5.73 Å². The minimum atomic E-state index is -0.0329. The lowest BCUT2D eigenvalue weighted by Gasteiger charge is -2.19. The molecule has 0 aliphatic rings. The highest BCUT2D eigenvalue weighted by atomic mass is 16.2. The second-order valence-electron chi connectivity index (χ2n) is 4.39. The van der Waals surface area contributed by atoms with Crippen LogP contribution in [0.25, 0.3) is 0 Å². The largest absolute Gasteiger partial charge is 0.381 e. The van der Waals surface area contributed by atoms with Gasteiger partial charge in [0.15, 0.2) is 0 Å². The molecule has 0 aliphatic heterocycles. The first-order valence-corrected chi connectivity index (χ1v) is 6.88. The molecule has 0 spiro atoms. The van der Waals surface area contributed by atoms with Gasteiger partial charge in [-0.15, -0.1) is 0 Å². The lowest BCUT2D eigenvalue weighted by Crippen LogP contribution is -2.31. The van der Waals surface area contributed by atoms with Crippen molar-refractivity contribution >= 4 is 11.6 Å². The molecular weight excluding hydrogens is 240 g/mol. The number of nitrogens with zero attached hydrogens (tertiary/aromatic N) is 2. The van der Waals surface area contributed by atoms with Crippen molar-refractivity contribution in [3.8, 4) is 0 Å². The summed E-state index contributed by atoms with van der Waals surface area (Å²) in [7, 11) is 0. The van der Waals surface area contributed by atoms with Gasteiger partial charge in [0.1, 0.15) is 5.69 Å². The summed E-state index contributed by atoms with van der Waals surface area (Å²) >= 11 is 0. The van der Waals surface area contributed by atoms with Crippen molar-refractivity contribution in [2.45, 2.75) is 33.2 Å². The Balaban J connectivity index is 2.84. The summed E-state index contributed by atoms with van der Waals surface area (Å²) in [5, 5.41) is 3.31. The average Bonchev–Trinajstić information content (AvgIpc) is 2.46. The number of nitrogens with one attached hydrogen (secondary N) is 1. The van der Waals surface area contributed by atoms with E-state index in [2.05, 4.69) is 17.2 Å². The molecule has 0 radical (unpaired) electrons. The summed E-state index contributed by atoms with van der Waals surface area (Å²) in [6.45, 7) is 7.95. The van der Waals surface area contributed by atoms with Gasteiger partial charge in [-0.25, -0.2) is 0 Å². The van der Waals surface area contributed by atoms with Crippen molar-refractivity contribution in [3.63, 3.8) is 0 Å². The van der Waals surface area contributed by atoms with Crippen LogP contribution >= 0.6 is 0 Å². The fraction of sp³-hybridized carbons (Fsp3) is 0.571. The highest BCUT2D eigenvalue weighted by Crippen LogP contribution is 2.12. The van der Waals surface area contributed by atoms with E-state index in [9.17, 15) is 4.79 Å². The van der Waals surface area contributed by atoms with Crippen LogP contribution in [0, 0.1) is 0 Å². The molecule has 0 aromatic carbocycles. The standard InChI is InChI=1S/C14H24N4O/c1-4-11(10-15)17-12-7-8-16-13(9-12)14(19)18(5-2)6-3/h7-9,11H,4-6,10,15H2,1-3H3,(H,16,17). The maximum Gasteiger partial charge on any atom is 0.272 e. The number of aromatic nitrogens is 1. The summed E-state index contributed by atoms with van der Waals surface area (Å²) in [5.74, 6) is -0.0329. The minimum Gasteiger partial charge on any atom is -0.381 e. The van der Waals surface area contributed by atoms with Crippen molar-refractivity contribution < 1.29 is 4.79 Å². The first-order chi connectivity index (χ1) is 9.15. The number of pyridine rings is 1. The Bertz CT molecular complexity index is 400. The molecule has 1 rings (SSSR count). The van der Waals surface area contributed by atoms with Crippen molar-refractivity contribution in [1.82, 2.24) is 9.88 Å². The van der Waals surface area contributed by atoms with E-state index in [-0.39, 0.29) is 11.9 Å². The zero-order valence-electron chi connectivity index (χ0n) is 12.0. The molecule has 1 aromatic rings. The number of nitrogens with two attached hydrogens (primary N) is 1. The normalized spacial score (nSPS) is 12.0. The van der Waals surface area contributed by atoms with Crippen LogP contribution in [0.4, 0.5) is 5.69 Å². The maximum absolute atomic E-state index is 12.2. The van der Waals surface area contributed by atoms with Gasteiger partial charge in [-0.3, -0.25) is 9.78 Å². The molecule has 1 aromatic heterocycles. The summed E-state index contributed by atoms with van der Waals surface area (Å²) < 4.78 is 0. The fourth-order valence-corrected chi connectivity index (χ4v) is 1.87. The number of rotatable bonds is 7. The summed E-state index contributed by atoms with van der Waals surface area (Å²) in [6.07, 6.45) is 2.60. The molecule has 0 saturated carbocycles. The van der Waals surface area contributed by atoms with Crippen LogP contribution in [0.1, 0.15) is 37.7 Å². The van der Waals surface area contributed by atoms with E-state index in [0.29, 0.717) is 25.3 Å². The van der Waals surface area contributed by atoms with Gasteiger partial charge < -0.3 is 16.0 Å². The second-order valence-corrected chi connectivity index (χ2v) is 4.39. The Morgan fingerprint density at radius 3 is 2.63 bits per heavy atom. The Hall–Kier alpha value is -1.62. The van der Waals surface area contributed by atoms with E-state index in [1.807, 2.05) is 19.9 Å². The molecule has 1 amide bonds. The van der Waals surface area contributed by atoms with Crippen LogP contribution in [0.5, 0.6) is 0 Å². The van der Waals surface area contributed by atoms with Gasteiger partial charge in [0, 0.05) is 37.6 Å². The first kappa shape index (κ1) is 15.4. The molecule has 5 nitrogen and oxygen atoms in total. The highest BCUT2D eigenvalue weighted by Gasteiger charge is 2.14. The lowest BCUT2D eigenvalue weighted by molar-refractivity contribution is 0.0767. The monoisotopic (exact) mass is 264 g/mol. The molecule has 106 valence electrons. The Morgan fingerprint density at radius 1 is 1.42 bits per heavy atom. The zero-order valence-corrected chi connectivity index (χ0v) is 12.0. The number of hydrogen-bond donors (Lipinski definition) is 2. The van der Waals surface area contributed by atoms with Crippen molar-refractivity contribution in [2.75, 3.05) is 25.0 Å². The quantitative estimate of drug-likeness (QED) is 0.786. The van der Waals surface area contributed by atoms with E-state index >= 15 is 0 Å². The number of anilines is 1. The molecule has 3 N–H and O–H groups in total. The van der Waals surface area contributed by atoms with E-state index < -0.39 is 0 Å². The average molecular weight is 264 g/mol. The van der Waals surface area contributed by atoms with Crippen LogP contribution in [-0.4, -0.2) is 41.5 Å². The van der Waals surface area contributed by atoms with E-state index in [0.717, 1.165) is 12.1 Å². The van der Waals surface area contributed by atoms with Gasteiger partial charge in [0.05, 0.1) is 0 Å². The zero-order chi connectivity index (χ0) is 14.3. The minimum absolute atomic E-state index is 0.0329. The highest BCUT2D eigenvalue weighted by molar-refractivity contribution is 5.93. The summed E-state index contributed by atoms with van der Waals surface area (Å²) in [4.78, 5) is 18.1. The van der Waals surface area contributed by atoms with Gasteiger partial charge in [-0.05, 0) is 32.4 Å². The fourth-order valence-electron chi connectivity index (χ4n) is 1.87. The number of amides is 1. The van der Waals surface area contributed by atoms with Gasteiger partial charge >= 0.3 is 0 Å². The Morgan fingerprint density at radius 2 is 2.11 bits per heavy atom. The number of carbonyl (C=O) groups excluding carboxylic acids is 1. The summed E-state index contributed by atoms with van der Waals surface area (Å²) in [5.41, 5.74) is 7.03. The topological polar surface area (TPSA) is 71.2 Å². The molecule has 0 bridgehead atoms. The molecule has 1 unspecified atom stereocenters. The predicted octanol–water partition coefficient (Wildman–Crippen LogP) is 1.71. The third-order valence-electron chi connectivity index (χ3n) is 3.18. The van der Waals surface area contributed by atoms with Crippen LogP contribution in [0.3, 0.4) is 0 Å². The van der Waals surface area contributed by atoms with Crippen LogP contribution in [0.2, 0.25) is 0 Å². The third-order valence-corrected chi connectivity index (χ3v) is 3.18. The molecule has 5 heteroatoms. The molecule has 0 saturated heterocycles. The summed E-state index contributed by atoms with van der Waals surface area (Å²) in [6, 6.07) is 3.87. The molecule has 0 fully saturated rings. The van der Waals surface area contributed by atoms with Gasteiger partial charge in [0.25, 0.3) is 5.91 Å². The second kappa shape index (κ2) is 7.74. The Kier molecular flexibility index (Phi) is 6.29. The Labute approximate surface area is 115 Å². The number of carbonyl (C=O) groups is 1. The van der Waals surface area contributed by atoms with Gasteiger partial charge in [0.2, 0.25) is 0 Å². The molecule has 1 atom stereocenters. The van der Waals surface area contributed by atoms with Crippen LogP contribution < -0.4 is 11.1 Å². The predicted molar refractivity (Wildman–Crippen MR) is 78.2 cm³/mol. The van der Waals surface area contributed by atoms with Gasteiger partial charge in [-0.1, -0.05) is 6.92 Å². The lowest BCUT2D eigenvalue weighted by atomic mass is 10.2. The maximum atomic E-state index is 12.2. The van der Waals surface area contributed by atoms with Crippen molar-refractivity contribution in [3.05, 3.63) is 24.0 Å². The molecule has 19 heavy (non-hydrogen) atoms. The molecule has 0 aliphatic carbocycles. The van der Waals surface area contributed by atoms with Gasteiger partial charge in [-0.2, -0.15) is 0 Å². The molecular formula is C14H24N4O. The van der Waals surface area contributed by atoms with E-state index in [1.165, 1.54) is 0 Å². The van der Waals surface area contributed by atoms with E-state index in [1.54, 1.807) is 17.2 Å². The number of hydrogen-bond acceptors (Lipinski definition) is 4. The third kappa shape index (κ3) is 4.21. The molecule has 1 heterocycles. The van der Waals surface area contributed by atoms with Crippen molar-refractivity contribution in [1.29, 1.82) is 0 Å². The SMILES string of the molecule is CCC(CN)Nc1ccnc(C(=O)N(CC)CC)c1. The van der Waals surface area contributed by atoms with E-state index in [4.69, 9.17) is 5.73 Å². The smallest absolute Gasteiger partial charge is 0.272 e.